The summed E-state index contributed by atoms with van der Waals surface area (Å²) in [6, 6.07) is 5.16. The van der Waals surface area contributed by atoms with Gasteiger partial charge in [0.05, 0.1) is 18.2 Å². The van der Waals surface area contributed by atoms with Crippen molar-refractivity contribution in [2.75, 3.05) is 13.7 Å². The predicted octanol–water partition coefficient (Wildman–Crippen LogP) is 3.88. The van der Waals surface area contributed by atoms with Gasteiger partial charge < -0.3 is 9.47 Å². The van der Waals surface area contributed by atoms with Crippen LogP contribution in [0.2, 0.25) is 5.02 Å². The van der Waals surface area contributed by atoms with Gasteiger partial charge >= 0.3 is 0 Å². The Labute approximate surface area is 118 Å². The first kappa shape index (κ1) is 14.4. The van der Waals surface area contributed by atoms with Crippen LogP contribution in [0.5, 0.6) is 5.75 Å². The van der Waals surface area contributed by atoms with Crippen LogP contribution in [-0.2, 0) is 4.74 Å². The van der Waals surface area contributed by atoms with E-state index in [2.05, 4.69) is 0 Å². The summed E-state index contributed by atoms with van der Waals surface area (Å²) in [6.45, 7) is 0.827. The van der Waals surface area contributed by atoms with E-state index in [1.54, 1.807) is 25.3 Å². The second-order valence-corrected chi connectivity index (χ2v) is 5.21. The largest absolute Gasteiger partial charge is 0.495 e. The molecule has 0 amide bonds. The highest BCUT2D eigenvalue weighted by Crippen LogP contribution is 2.26. The molecule has 1 atom stereocenters. The lowest BCUT2D eigenvalue weighted by molar-refractivity contribution is 0.0104. The average molecular weight is 283 g/mol. The molecule has 0 spiro atoms. The molecule has 2 rings (SSSR count). The van der Waals surface area contributed by atoms with Crippen LogP contribution in [-0.4, -0.2) is 25.6 Å². The summed E-state index contributed by atoms with van der Waals surface area (Å²) >= 11 is 6.02. The number of halogens is 1. The molecule has 19 heavy (non-hydrogen) atoms. The van der Waals surface area contributed by atoms with Gasteiger partial charge in [-0.05, 0) is 43.9 Å². The molecule has 0 saturated carbocycles. The Balaban J connectivity index is 1.90. The topological polar surface area (TPSA) is 35.5 Å². The van der Waals surface area contributed by atoms with Crippen molar-refractivity contribution in [2.24, 2.45) is 0 Å². The molecular formula is C15H19ClO3. The van der Waals surface area contributed by atoms with Crippen molar-refractivity contribution >= 4 is 17.4 Å². The Morgan fingerprint density at radius 1 is 1.47 bits per heavy atom. The van der Waals surface area contributed by atoms with E-state index in [4.69, 9.17) is 21.1 Å². The summed E-state index contributed by atoms with van der Waals surface area (Å²) in [4.78, 5) is 12.1. The molecule has 0 radical (unpaired) electrons. The zero-order chi connectivity index (χ0) is 13.7. The fourth-order valence-corrected chi connectivity index (χ4v) is 2.57. The van der Waals surface area contributed by atoms with E-state index in [0.29, 0.717) is 22.8 Å². The molecule has 1 heterocycles. The van der Waals surface area contributed by atoms with Gasteiger partial charge in [-0.2, -0.15) is 0 Å². The van der Waals surface area contributed by atoms with Gasteiger partial charge in [-0.15, -0.1) is 0 Å². The maximum atomic E-state index is 12.1. The van der Waals surface area contributed by atoms with Gasteiger partial charge in [-0.1, -0.05) is 11.6 Å². The molecule has 0 aromatic heterocycles. The first-order chi connectivity index (χ1) is 9.20. The third-order valence-corrected chi connectivity index (χ3v) is 3.74. The van der Waals surface area contributed by atoms with E-state index in [1.165, 1.54) is 6.42 Å². The van der Waals surface area contributed by atoms with Crippen LogP contribution >= 0.6 is 11.6 Å². The summed E-state index contributed by atoms with van der Waals surface area (Å²) in [7, 11) is 1.56. The Hall–Kier alpha value is -1.06. The first-order valence-electron chi connectivity index (χ1n) is 6.69. The van der Waals surface area contributed by atoms with E-state index >= 15 is 0 Å². The van der Waals surface area contributed by atoms with Crippen LogP contribution < -0.4 is 4.74 Å². The van der Waals surface area contributed by atoms with Crippen LogP contribution in [0.15, 0.2) is 18.2 Å². The molecule has 1 saturated heterocycles. The minimum atomic E-state index is 0.110. The summed E-state index contributed by atoms with van der Waals surface area (Å²) in [6.07, 6.45) is 4.95. The van der Waals surface area contributed by atoms with Gasteiger partial charge in [0.15, 0.2) is 5.78 Å². The number of Topliss-reactive ketones (excluding diaryl/α,β-unsaturated/α-hetero) is 1. The Morgan fingerprint density at radius 2 is 2.32 bits per heavy atom. The molecule has 0 bridgehead atoms. The highest BCUT2D eigenvalue weighted by Gasteiger charge is 2.16. The summed E-state index contributed by atoms with van der Waals surface area (Å²) in [5.41, 5.74) is 0.640. The van der Waals surface area contributed by atoms with Crippen molar-refractivity contribution in [3.05, 3.63) is 28.8 Å². The zero-order valence-corrected chi connectivity index (χ0v) is 11.9. The highest BCUT2D eigenvalue weighted by molar-refractivity contribution is 6.32. The molecule has 1 aromatic rings. The number of carbonyl (C=O) groups excluding carboxylic acids is 1. The van der Waals surface area contributed by atoms with Crippen LogP contribution in [0.25, 0.3) is 0 Å². The Kier molecular flexibility index (Phi) is 5.23. The normalized spacial score (nSPS) is 19.2. The molecule has 0 N–H and O–H groups in total. The van der Waals surface area contributed by atoms with E-state index in [1.807, 2.05) is 0 Å². The van der Waals surface area contributed by atoms with Gasteiger partial charge in [-0.25, -0.2) is 0 Å². The molecule has 1 fully saturated rings. The van der Waals surface area contributed by atoms with Crippen LogP contribution in [0.1, 0.15) is 42.5 Å². The van der Waals surface area contributed by atoms with Crippen LogP contribution in [0.4, 0.5) is 0 Å². The molecule has 104 valence electrons. The number of carbonyl (C=O) groups is 1. The summed E-state index contributed by atoms with van der Waals surface area (Å²) in [5.74, 6) is 0.701. The van der Waals surface area contributed by atoms with Crippen molar-refractivity contribution in [3.63, 3.8) is 0 Å². The lowest BCUT2D eigenvalue weighted by atomic mass is 10.0. The van der Waals surface area contributed by atoms with Crippen molar-refractivity contribution < 1.29 is 14.3 Å². The number of hydrogen-bond acceptors (Lipinski definition) is 3. The monoisotopic (exact) mass is 282 g/mol. The second kappa shape index (κ2) is 6.92. The van der Waals surface area contributed by atoms with Crippen molar-refractivity contribution in [1.82, 2.24) is 0 Å². The number of ketones is 1. The van der Waals surface area contributed by atoms with Crippen molar-refractivity contribution in [1.29, 1.82) is 0 Å². The maximum Gasteiger partial charge on any atom is 0.163 e. The van der Waals surface area contributed by atoms with Crippen molar-refractivity contribution in [3.8, 4) is 5.75 Å². The lowest BCUT2D eigenvalue weighted by Gasteiger charge is -2.22. The van der Waals surface area contributed by atoms with Gasteiger partial charge in [0.2, 0.25) is 0 Å². The molecule has 1 unspecified atom stereocenters. The summed E-state index contributed by atoms with van der Waals surface area (Å²) < 4.78 is 10.7. The second-order valence-electron chi connectivity index (χ2n) is 4.80. The number of hydrogen-bond donors (Lipinski definition) is 0. The molecular weight excluding hydrogens is 264 g/mol. The van der Waals surface area contributed by atoms with Gasteiger partial charge in [0, 0.05) is 18.6 Å². The van der Waals surface area contributed by atoms with Crippen LogP contribution in [0.3, 0.4) is 0 Å². The number of benzene rings is 1. The Morgan fingerprint density at radius 3 is 2.95 bits per heavy atom. The van der Waals surface area contributed by atoms with E-state index < -0.39 is 0 Å². The van der Waals surface area contributed by atoms with Crippen LogP contribution in [0, 0.1) is 0 Å². The van der Waals surface area contributed by atoms with Gasteiger partial charge in [0.1, 0.15) is 5.75 Å². The molecule has 3 nitrogen and oxygen atoms in total. The quantitative estimate of drug-likeness (QED) is 0.769. The average Bonchev–Trinajstić information content (AvgIpc) is 2.45. The van der Waals surface area contributed by atoms with E-state index in [0.717, 1.165) is 25.9 Å². The fourth-order valence-electron chi connectivity index (χ4n) is 2.31. The molecule has 1 aliphatic rings. The zero-order valence-electron chi connectivity index (χ0n) is 11.2. The third kappa shape index (κ3) is 3.95. The summed E-state index contributed by atoms with van der Waals surface area (Å²) in [5, 5.41) is 0.474. The van der Waals surface area contributed by atoms with E-state index in [-0.39, 0.29) is 11.9 Å². The standard InChI is InChI=1S/C15H19ClO3/c1-18-15-8-5-11(10-13(15)16)14(17)7-6-12-4-2-3-9-19-12/h5,8,10,12H,2-4,6-7,9H2,1H3. The fraction of sp³-hybridized carbons (Fsp3) is 0.533. The molecule has 1 aliphatic heterocycles. The number of ether oxygens (including phenoxy) is 2. The minimum absolute atomic E-state index is 0.110. The molecule has 0 aliphatic carbocycles. The minimum Gasteiger partial charge on any atom is -0.495 e. The maximum absolute atomic E-state index is 12.1. The predicted molar refractivity (Wildman–Crippen MR) is 75.2 cm³/mol. The Bertz CT molecular complexity index is 439. The third-order valence-electron chi connectivity index (χ3n) is 3.44. The molecule has 1 aromatic carbocycles. The van der Waals surface area contributed by atoms with Gasteiger partial charge in [0.25, 0.3) is 0 Å². The SMILES string of the molecule is COc1ccc(C(=O)CCC2CCCCO2)cc1Cl. The molecule has 4 heteroatoms. The lowest BCUT2D eigenvalue weighted by Crippen LogP contribution is -2.20. The van der Waals surface area contributed by atoms with Gasteiger partial charge in [-0.3, -0.25) is 4.79 Å². The number of rotatable bonds is 5. The first-order valence-corrected chi connectivity index (χ1v) is 7.07. The van der Waals surface area contributed by atoms with Crippen molar-refractivity contribution in [2.45, 2.75) is 38.2 Å². The smallest absolute Gasteiger partial charge is 0.163 e. The number of methoxy groups -OCH3 is 1. The highest BCUT2D eigenvalue weighted by atomic mass is 35.5. The van der Waals surface area contributed by atoms with E-state index in [9.17, 15) is 4.79 Å².